The van der Waals surface area contributed by atoms with E-state index in [0.29, 0.717) is 16.5 Å². The summed E-state index contributed by atoms with van der Waals surface area (Å²) in [5.41, 5.74) is 9.25. The van der Waals surface area contributed by atoms with Crippen molar-refractivity contribution in [3.63, 3.8) is 0 Å². The fraction of sp³-hybridized carbons (Fsp3) is 0.0833. The molecule has 0 fully saturated rings. The third-order valence-electron chi connectivity index (χ3n) is 2.44. The molecule has 0 radical (unpaired) electrons. The lowest BCUT2D eigenvalue weighted by Crippen LogP contribution is -2.30. The summed E-state index contributed by atoms with van der Waals surface area (Å²) in [6.45, 7) is 0. The molecule has 1 aromatic heterocycles. The maximum absolute atomic E-state index is 11.4. The number of benzene rings is 1. The lowest BCUT2D eigenvalue weighted by molar-refractivity contribution is 0.0925. The molecule has 0 bridgehead atoms. The number of thioether (sulfide) groups is 1. The second kappa shape index (κ2) is 6.01. The smallest absolute Gasteiger partial charge is 0.301 e. The van der Waals surface area contributed by atoms with E-state index in [2.05, 4.69) is 0 Å². The molecule has 7 heteroatoms. The first-order chi connectivity index (χ1) is 9.11. The highest BCUT2D eigenvalue weighted by molar-refractivity contribution is 7.98. The van der Waals surface area contributed by atoms with Gasteiger partial charge in [0.1, 0.15) is 0 Å². The summed E-state index contributed by atoms with van der Waals surface area (Å²) in [4.78, 5) is 12.3. The number of hydrogen-bond acceptors (Lipinski definition) is 5. The van der Waals surface area contributed by atoms with E-state index in [1.165, 1.54) is 18.0 Å². The topological polar surface area (TPSA) is 94.3 Å². The normalized spacial score (nSPS) is 10.4. The first-order valence-electron chi connectivity index (χ1n) is 5.37. The van der Waals surface area contributed by atoms with Crippen LogP contribution in [0.15, 0.2) is 39.8 Å². The Bertz CT molecular complexity index is 600. The predicted molar refractivity (Wildman–Crippen MR) is 75.8 cm³/mol. The van der Waals surface area contributed by atoms with Gasteiger partial charge in [0, 0.05) is 26.9 Å². The van der Waals surface area contributed by atoms with Crippen LogP contribution in [0.5, 0.6) is 0 Å². The van der Waals surface area contributed by atoms with Gasteiger partial charge in [-0.2, -0.15) is 0 Å². The number of amides is 1. The molecule has 0 spiro atoms. The van der Waals surface area contributed by atoms with Gasteiger partial charge in [0.15, 0.2) is 5.76 Å². The van der Waals surface area contributed by atoms with Crippen LogP contribution in [-0.4, -0.2) is 5.91 Å². The van der Waals surface area contributed by atoms with E-state index in [9.17, 15) is 4.79 Å². The summed E-state index contributed by atoms with van der Waals surface area (Å²) < 4.78 is 5.10. The van der Waals surface area contributed by atoms with Gasteiger partial charge < -0.3 is 10.2 Å². The zero-order valence-electron chi connectivity index (χ0n) is 9.85. The Morgan fingerprint density at radius 3 is 2.89 bits per heavy atom. The highest BCUT2D eigenvalue weighted by Gasteiger charge is 2.14. The number of carbonyl (C=O) groups excluding carboxylic acids is 1. The molecule has 0 saturated carbocycles. The quantitative estimate of drug-likeness (QED) is 0.265. The molecule has 0 saturated heterocycles. The fourth-order valence-corrected chi connectivity index (χ4v) is 2.63. The Morgan fingerprint density at radius 1 is 1.42 bits per heavy atom. The average Bonchev–Trinajstić information content (AvgIpc) is 2.85. The van der Waals surface area contributed by atoms with E-state index < -0.39 is 5.91 Å². The molecule has 2 aromatic rings. The standard InChI is InChI=1S/C12H12ClN3O2S/c13-8-1-2-10(9(14)5-8)19-6-7-3-4-18-11(7)12(17)16-15/h1-5H,6,14-15H2,(H,16,17). The number of furan rings is 1. The van der Waals surface area contributed by atoms with Crippen LogP contribution < -0.4 is 17.0 Å². The van der Waals surface area contributed by atoms with Gasteiger partial charge in [-0.15, -0.1) is 11.8 Å². The number of hydrazine groups is 1. The zero-order valence-corrected chi connectivity index (χ0v) is 11.4. The second-order valence-corrected chi connectivity index (χ2v) is 5.17. The molecule has 5 nitrogen and oxygen atoms in total. The van der Waals surface area contributed by atoms with Crippen molar-refractivity contribution >= 4 is 35.0 Å². The maximum atomic E-state index is 11.4. The van der Waals surface area contributed by atoms with Crippen LogP contribution in [0, 0.1) is 0 Å². The minimum absolute atomic E-state index is 0.211. The minimum Gasteiger partial charge on any atom is -0.459 e. The Balaban J connectivity index is 2.10. The summed E-state index contributed by atoms with van der Waals surface area (Å²) in [5.74, 6) is 5.38. The Morgan fingerprint density at radius 2 is 2.21 bits per heavy atom. The molecular formula is C12H12ClN3O2S. The van der Waals surface area contributed by atoms with Crippen molar-refractivity contribution in [1.29, 1.82) is 0 Å². The van der Waals surface area contributed by atoms with E-state index >= 15 is 0 Å². The molecule has 0 unspecified atom stereocenters. The number of nitrogen functional groups attached to an aromatic ring is 2. The van der Waals surface area contributed by atoms with Crippen molar-refractivity contribution in [2.45, 2.75) is 10.6 Å². The lowest BCUT2D eigenvalue weighted by atomic mass is 10.3. The van der Waals surface area contributed by atoms with Crippen molar-refractivity contribution in [3.05, 3.63) is 46.9 Å². The Labute approximate surface area is 119 Å². The maximum Gasteiger partial charge on any atom is 0.301 e. The van der Waals surface area contributed by atoms with Crippen molar-refractivity contribution in [1.82, 2.24) is 5.43 Å². The molecule has 0 aliphatic carbocycles. The molecule has 0 aliphatic rings. The van der Waals surface area contributed by atoms with Gasteiger partial charge in [-0.3, -0.25) is 10.2 Å². The molecule has 1 amide bonds. The lowest BCUT2D eigenvalue weighted by Gasteiger charge is -2.05. The van der Waals surface area contributed by atoms with Crippen molar-refractivity contribution in [2.75, 3.05) is 5.73 Å². The van der Waals surface area contributed by atoms with Crippen molar-refractivity contribution in [2.24, 2.45) is 5.84 Å². The van der Waals surface area contributed by atoms with Gasteiger partial charge >= 0.3 is 5.91 Å². The number of carbonyl (C=O) groups is 1. The van der Waals surface area contributed by atoms with Gasteiger partial charge in [0.05, 0.1) is 6.26 Å². The monoisotopic (exact) mass is 297 g/mol. The number of rotatable bonds is 4. The molecule has 19 heavy (non-hydrogen) atoms. The fourth-order valence-electron chi connectivity index (χ4n) is 1.52. The van der Waals surface area contributed by atoms with Gasteiger partial charge in [0.25, 0.3) is 0 Å². The van der Waals surface area contributed by atoms with Gasteiger partial charge in [0.2, 0.25) is 0 Å². The van der Waals surface area contributed by atoms with Gasteiger partial charge in [-0.25, -0.2) is 5.84 Å². The second-order valence-electron chi connectivity index (χ2n) is 3.72. The molecule has 5 N–H and O–H groups in total. The number of nitrogens with one attached hydrogen (secondary N) is 1. The van der Waals surface area contributed by atoms with Gasteiger partial charge in [-0.1, -0.05) is 11.6 Å². The van der Waals surface area contributed by atoms with E-state index in [4.69, 9.17) is 27.6 Å². The molecule has 0 atom stereocenters. The first kappa shape index (κ1) is 13.8. The molecule has 0 aliphatic heterocycles. The van der Waals surface area contributed by atoms with Crippen LogP contribution in [0.3, 0.4) is 0 Å². The molecule has 1 aromatic carbocycles. The first-order valence-corrected chi connectivity index (χ1v) is 6.73. The Kier molecular flexibility index (Phi) is 4.36. The summed E-state index contributed by atoms with van der Waals surface area (Å²) in [7, 11) is 0. The van der Waals surface area contributed by atoms with Crippen LogP contribution in [-0.2, 0) is 5.75 Å². The third-order valence-corrected chi connectivity index (χ3v) is 3.81. The summed E-state index contributed by atoms with van der Waals surface area (Å²) in [6, 6.07) is 7.02. The SMILES string of the molecule is NNC(=O)c1occc1CSc1ccc(Cl)cc1N. The Hall–Kier alpha value is -1.63. The molecule has 1 heterocycles. The van der Waals surface area contributed by atoms with Crippen LogP contribution >= 0.6 is 23.4 Å². The minimum atomic E-state index is -0.454. The number of hydrogen-bond donors (Lipinski definition) is 3. The van der Waals surface area contributed by atoms with Crippen molar-refractivity contribution in [3.8, 4) is 0 Å². The van der Waals surface area contributed by atoms with Crippen LogP contribution in [0.4, 0.5) is 5.69 Å². The highest BCUT2D eigenvalue weighted by Crippen LogP contribution is 2.31. The van der Waals surface area contributed by atoms with Gasteiger partial charge in [-0.05, 0) is 24.3 Å². The summed E-state index contributed by atoms with van der Waals surface area (Å²) in [6.07, 6.45) is 1.45. The zero-order chi connectivity index (χ0) is 13.8. The molecule has 2 rings (SSSR count). The van der Waals surface area contributed by atoms with E-state index in [1.807, 2.05) is 11.5 Å². The predicted octanol–water partition coefficient (Wildman–Crippen LogP) is 2.41. The van der Waals surface area contributed by atoms with E-state index in [1.54, 1.807) is 18.2 Å². The number of nitrogens with two attached hydrogens (primary N) is 2. The summed E-state index contributed by atoms with van der Waals surface area (Å²) >= 11 is 7.32. The highest BCUT2D eigenvalue weighted by atomic mass is 35.5. The largest absolute Gasteiger partial charge is 0.459 e. The van der Waals surface area contributed by atoms with E-state index in [0.717, 1.165) is 10.5 Å². The third kappa shape index (κ3) is 3.23. The average molecular weight is 298 g/mol. The van der Waals surface area contributed by atoms with Crippen LogP contribution in [0.2, 0.25) is 5.02 Å². The molecular weight excluding hydrogens is 286 g/mol. The van der Waals surface area contributed by atoms with Crippen LogP contribution in [0.1, 0.15) is 16.1 Å². The molecule has 100 valence electrons. The van der Waals surface area contributed by atoms with Crippen molar-refractivity contribution < 1.29 is 9.21 Å². The van der Waals surface area contributed by atoms with Crippen LogP contribution in [0.25, 0.3) is 0 Å². The summed E-state index contributed by atoms with van der Waals surface area (Å²) in [5, 5.41) is 0.591. The number of anilines is 1. The van der Waals surface area contributed by atoms with E-state index in [-0.39, 0.29) is 5.76 Å². The number of halogens is 1.